The van der Waals surface area contributed by atoms with Crippen molar-refractivity contribution in [2.75, 3.05) is 31.5 Å². The number of ether oxygens (including phenoxy) is 3. The van der Waals surface area contributed by atoms with Crippen molar-refractivity contribution in [3.63, 3.8) is 0 Å². The number of esters is 1. The highest BCUT2D eigenvalue weighted by Gasteiger charge is 2.18. The molecule has 0 heterocycles. The first-order valence-electron chi connectivity index (χ1n) is 9.52. The molecular formula is C22H28N2O5. The fourth-order valence-corrected chi connectivity index (χ4v) is 2.68. The van der Waals surface area contributed by atoms with Gasteiger partial charge in [0.05, 0.1) is 32.2 Å². The lowest BCUT2D eigenvalue weighted by molar-refractivity contribution is -0.114. The van der Waals surface area contributed by atoms with Gasteiger partial charge in [-0.2, -0.15) is 0 Å². The van der Waals surface area contributed by atoms with Gasteiger partial charge in [-0.1, -0.05) is 25.5 Å². The first-order valence-corrected chi connectivity index (χ1v) is 9.52. The van der Waals surface area contributed by atoms with Gasteiger partial charge in [-0.05, 0) is 30.2 Å². The lowest BCUT2D eigenvalue weighted by Gasteiger charge is -2.17. The number of carbonyl (C=O) groups is 2. The van der Waals surface area contributed by atoms with Gasteiger partial charge in [0.15, 0.2) is 0 Å². The van der Waals surface area contributed by atoms with Crippen LogP contribution in [0.1, 0.15) is 42.6 Å². The average molecular weight is 400 g/mol. The Bertz CT molecular complexity index is 834. The van der Waals surface area contributed by atoms with E-state index in [1.54, 1.807) is 19.2 Å². The molecule has 2 rings (SSSR count). The molecule has 29 heavy (non-hydrogen) atoms. The molecule has 0 aliphatic heterocycles. The number of benzene rings is 2. The van der Waals surface area contributed by atoms with Gasteiger partial charge in [0, 0.05) is 19.5 Å². The summed E-state index contributed by atoms with van der Waals surface area (Å²) in [5.74, 6) is 0.430. The molecule has 7 heteroatoms. The van der Waals surface area contributed by atoms with Crippen LogP contribution in [0.4, 0.5) is 11.4 Å². The maximum atomic E-state index is 12.3. The zero-order chi connectivity index (χ0) is 21.2. The molecule has 0 saturated heterocycles. The third-order valence-electron chi connectivity index (χ3n) is 4.23. The van der Waals surface area contributed by atoms with Gasteiger partial charge < -0.3 is 24.8 Å². The van der Waals surface area contributed by atoms with Crippen LogP contribution < -0.4 is 20.1 Å². The van der Waals surface area contributed by atoms with Gasteiger partial charge in [0.2, 0.25) is 5.91 Å². The van der Waals surface area contributed by atoms with Crippen LogP contribution in [0.2, 0.25) is 0 Å². The van der Waals surface area contributed by atoms with E-state index in [1.165, 1.54) is 14.0 Å². The first kappa shape index (κ1) is 22.1. The van der Waals surface area contributed by atoms with Gasteiger partial charge in [0.25, 0.3) is 0 Å². The molecule has 2 aromatic carbocycles. The Morgan fingerprint density at radius 3 is 2.34 bits per heavy atom. The monoisotopic (exact) mass is 400 g/mol. The largest absolute Gasteiger partial charge is 0.497 e. The van der Waals surface area contributed by atoms with Gasteiger partial charge in [0.1, 0.15) is 17.1 Å². The minimum atomic E-state index is -0.502. The van der Waals surface area contributed by atoms with Crippen molar-refractivity contribution < 1.29 is 23.8 Å². The minimum absolute atomic E-state index is 0.220. The van der Waals surface area contributed by atoms with Crippen LogP contribution in [-0.2, 0) is 16.1 Å². The highest BCUT2D eigenvalue weighted by Crippen LogP contribution is 2.33. The number of methoxy groups -OCH3 is 2. The third kappa shape index (κ3) is 6.41. The van der Waals surface area contributed by atoms with E-state index in [4.69, 9.17) is 14.2 Å². The van der Waals surface area contributed by atoms with Crippen molar-refractivity contribution in [3.05, 3.63) is 47.5 Å². The number of anilines is 2. The van der Waals surface area contributed by atoms with Crippen molar-refractivity contribution in [2.24, 2.45) is 0 Å². The van der Waals surface area contributed by atoms with E-state index in [-0.39, 0.29) is 5.91 Å². The van der Waals surface area contributed by atoms with Gasteiger partial charge in [-0.3, -0.25) is 4.79 Å². The molecule has 0 atom stereocenters. The summed E-state index contributed by atoms with van der Waals surface area (Å²) in [4.78, 5) is 23.9. The minimum Gasteiger partial charge on any atom is -0.497 e. The Hall–Kier alpha value is -3.22. The number of hydrogen-bond donors (Lipinski definition) is 2. The maximum Gasteiger partial charge on any atom is 0.341 e. The van der Waals surface area contributed by atoms with Crippen molar-refractivity contribution in [3.8, 4) is 11.5 Å². The number of rotatable bonds is 10. The molecule has 2 N–H and O–H groups in total. The lowest BCUT2D eigenvalue weighted by atomic mass is 10.1. The molecule has 0 saturated carbocycles. The van der Waals surface area contributed by atoms with Crippen LogP contribution in [-0.4, -0.2) is 32.7 Å². The maximum absolute atomic E-state index is 12.3. The molecule has 0 unspecified atom stereocenters. The number of hydrogen-bond acceptors (Lipinski definition) is 6. The fourth-order valence-electron chi connectivity index (χ4n) is 2.68. The SMILES string of the molecule is CCCCOc1cc(NC(C)=O)c(NCc2ccc(OC)cc2)cc1C(=O)OC. The summed E-state index contributed by atoms with van der Waals surface area (Å²) in [7, 11) is 2.94. The lowest BCUT2D eigenvalue weighted by Crippen LogP contribution is -2.13. The Kier molecular flexibility index (Phi) is 8.33. The van der Waals surface area contributed by atoms with Gasteiger partial charge >= 0.3 is 5.97 Å². The van der Waals surface area contributed by atoms with Crippen molar-refractivity contribution >= 4 is 23.3 Å². The number of amides is 1. The molecule has 156 valence electrons. The second-order valence-corrected chi connectivity index (χ2v) is 6.47. The zero-order valence-electron chi connectivity index (χ0n) is 17.3. The molecule has 0 fully saturated rings. The van der Waals surface area contributed by atoms with Crippen molar-refractivity contribution in [1.82, 2.24) is 0 Å². The average Bonchev–Trinajstić information content (AvgIpc) is 2.72. The smallest absolute Gasteiger partial charge is 0.341 e. The zero-order valence-corrected chi connectivity index (χ0v) is 17.3. The predicted octanol–water partition coefficient (Wildman–Crippen LogP) is 4.23. The standard InChI is InChI=1S/C22H28N2O5/c1-5-6-11-29-21-13-20(24-15(2)25)19(12-18(21)22(26)28-4)23-14-16-7-9-17(27-3)10-8-16/h7-10,12-13,23H,5-6,11,14H2,1-4H3,(H,24,25). The van der Waals surface area contributed by atoms with Crippen LogP contribution >= 0.6 is 0 Å². The molecule has 0 radical (unpaired) electrons. The van der Waals surface area contributed by atoms with E-state index in [0.29, 0.717) is 35.8 Å². The van der Waals surface area contributed by atoms with E-state index in [0.717, 1.165) is 24.2 Å². The van der Waals surface area contributed by atoms with Crippen LogP contribution in [0.3, 0.4) is 0 Å². The number of nitrogens with one attached hydrogen (secondary N) is 2. The highest BCUT2D eigenvalue weighted by molar-refractivity contribution is 5.99. The second-order valence-electron chi connectivity index (χ2n) is 6.47. The molecular weight excluding hydrogens is 372 g/mol. The normalized spacial score (nSPS) is 10.2. The predicted molar refractivity (Wildman–Crippen MR) is 113 cm³/mol. The molecule has 0 aliphatic carbocycles. The number of carbonyl (C=O) groups excluding carboxylic acids is 2. The highest BCUT2D eigenvalue weighted by atomic mass is 16.5. The molecule has 0 bridgehead atoms. The van der Waals surface area contributed by atoms with Crippen LogP contribution in [0, 0.1) is 0 Å². The van der Waals surface area contributed by atoms with Crippen LogP contribution in [0.5, 0.6) is 11.5 Å². The van der Waals surface area contributed by atoms with Crippen molar-refractivity contribution in [1.29, 1.82) is 0 Å². The molecule has 2 aromatic rings. The van der Waals surface area contributed by atoms with E-state index >= 15 is 0 Å². The Balaban J connectivity index is 2.33. The Morgan fingerprint density at radius 1 is 1.03 bits per heavy atom. The molecule has 0 spiro atoms. The van der Waals surface area contributed by atoms with E-state index in [2.05, 4.69) is 17.6 Å². The molecule has 1 amide bonds. The first-order chi connectivity index (χ1) is 14.0. The van der Waals surface area contributed by atoms with Crippen molar-refractivity contribution in [2.45, 2.75) is 33.2 Å². The molecule has 0 aliphatic rings. The topological polar surface area (TPSA) is 85.9 Å². The summed E-state index contributed by atoms with van der Waals surface area (Å²) >= 11 is 0. The van der Waals surface area contributed by atoms with Crippen LogP contribution in [0.15, 0.2) is 36.4 Å². The molecule has 7 nitrogen and oxygen atoms in total. The van der Waals surface area contributed by atoms with E-state index in [9.17, 15) is 9.59 Å². The summed E-state index contributed by atoms with van der Waals surface area (Å²) in [6, 6.07) is 10.9. The molecule has 0 aromatic heterocycles. The Morgan fingerprint density at radius 2 is 1.76 bits per heavy atom. The van der Waals surface area contributed by atoms with E-state index in [1.807, 2.05) is 24.3 Å². The summed E-state index contributed by atoms with van der Waals surface area (Å²) < 4.78 is 15.8. The van der Waals surface area contributed by atoms with Gasteiger partial charge in [-0.15, -0.1) is 0 Å². The quantitative estimate of drug-likeness (QED) is 0.458. The third-order valence-corrected chi connectivity index (χ3v) is 4.23. The summed E-state index contributed by atoms with van der Waals surface area (Å²) in [6.45, 7) is 4.45. The second kappa shape index (κ2) is 10.9. The van der Waals surface area contributed by atoms with Gasteiger partial charge in [-0.25, -0.2) is 4.79 Å². The summed E-state index contributed by atoms with van der Waals surface area (Å²) in [6.07, 6.45) is 1.82. The summed E-state index contributed by atoms with van der Waals surface area (Å²) in [5, 5.41) is 6.06. The Labute approximate surface area is 171 Å². The number of unbranched alkanes of at least 4 members (excludes halogenated alkanes) is 1. The van der Waals surface area contributed by atoms with Crippen LogP contribution in [0.25, 0.3) is 0 Å². The summed E-state index contributed by atoms with van der Waals surface area (Å²) in [5.41, 5.74) is 2.45. The van der Waals surface area contributed by atoms with E-state index < -0.39 is 5.97 Å². The fraction of sp³-hybridized carbons (Fsp3) is 0.364.